The Bertz CT molecular complexity index is 868. The van der Waals surface area contributed by atoms with E-state index in [0.29, 0.717) is 24.3 Å². The monoisotopic (exact) mass is 512 g/mol. The Morgan fingerprint density at radius 2 is 1.91 bits per heavy atom. The van der Waals surface area contributed by atoms with Gasteiger partial charge in [0.15, 0.2) is 5.78 Å². The van der Waals surface area contributed by atoms with Crippen molar-refractivity contribution in [2.45, 2.75) is 25.7 Å². The molecule has 2 fully saturated rings. The number of carbonyl (C=O) groups is 3. The lowest BCUT2D eigenvalue weighted by Gasteiger charge is -2.19. The second-order valence-electron chi connectivity index (χ2n) is 8.40. The average molecular weight is 513 g/mol. The Balaban J connectivity index is 0.000000427. The van der Waals surface area contributed by atoms with Crippen LogP contribution < -0.4 is 10.5 Å². The zero-order valence-electron chi connectivity index (χ0n) is 18.0. The number of nitrogens with zero attached hydrogens (tertiary/aromatic N) is 1. The van der Waals surface area contributed by atoms with Crippen LogP contribution in [-0.4, -0.2) is 72.8 Å². The number of methoxy groups -OCH3 is 1. The Morgan fingerprint density at radius 3 is 2.50 bits per heavy atom. The number of anilines is 1. The molecule has 2 aliphatic heterocycles. The van der Waals surface area contributed by atoms with Crippen molar-refractivity contribution in [2.24, 2.45) is 17.8 Å². The molecule has 3 aliphatic rings. The Kier molecular flexibility index (Phi) is 8.13. The number of fused-ring (bicyclic) bond motifs is 2. The molecule has 1 saturated heterocycles. The zero-order valence-corrected chi connectivity index (χ0v) is 19.6. The standard InChI is InChI=1S/C20H27BrN2O3.C2H2O4/c1-25-7-2-6-23-10-15-12(16(15)11-23)3-4-18(24)14-9-17(21)19(22)13-5-8-26-20(13)14;3-1(4)2(5)6/h9,12,15-16H,2-8,10-11,22H2,1H3;(H,3,4)(H,5,6). The van der Waals surface area contributed by atoms with Crippen LogP contribution in [0.25, 0.3) is 0 Å². The molecular weight excluding hydrogens is 484 g/mol. The van der Waals surface area contributed by atoms with E-state index in [1.165, 1.54) is 13.1 Å². The van der Waals surface area contributed by atoms with E-state index in [1.807, 2.05) is 6.07 Å². The van der Waals surface area contributed by atoms with Crippen molar-refractivity contribution in [3.8, 4) is 5.75 Å². The molecule has 1 aromatic carbocycles. The smallest absolute Gasteiger partial charge is 0.414 e. The van der Waals surface area contributed by atoms with Crippen LogP contribution >= 0.6 is 15.9 Å². The molecule has 0 radical (unpaired) electrons. The Hall–Kier alpha value is -2.17. The number of hydrogen-bond acceptors (Lipinski definition) is 7. The molecule has 4 rings (SSSR count). The zero-order chi connectivity index (χ0) is 23.4. The van der Waals surface area contributed by atoms with Crippen LogP contribution in [0.5, 0.6) is 5.75 Å². The number of likely N-dealkylation sites (tertiary alicyclic amines) is 1. The largest absolute Gasteiger partial charge is 0.492 e. The third kappa shape index (κ3) is 5.60. The lowest BCUT2D eigenvalue weighted by Crippen LogP contribution is -2.26. The van der Waals surface area contributed by atoms with E-state index in [0.717, 1.165) is 66.0 Å². The first-order valence-electron chi connectivity index (χ1n) is 10.7. The summed E-state index contributed by atoms with van der Waals surface area (Å²) in [5, 5.41) is 14.8. The van der Waals surface area contributed by atoms with E-state index in [4.69, 9.17) is 35.0 Å². The number of nitrogens with two attached hydrogens (primary N) is 1. The van der Waals surface area contributed by atoms with Gasteiger partial charge in [0, 0.05) is 56.2 Å². The van der Waals surface area contributed by atoms with E-state index in [2.05, 4.69) is 20.8 Å². The van der Waals surface area contributed by atoms with Crippen LogP contribution in [0.3, 0.4) is 0 Å². The van der Waals surface area contributed by atoms with Crippen LogP contribution in [0.2, 0.25) is 0 Å². The van der Waals surface area contributed by atoms with Crippen LogP contribution in [0, 0.1) is 17.8 Å². The summed E-state index contributed by atoms with van der Waals surface area (Å²) in [6.45, 7) is 4.98. The van der Waals surface area contributed by atoms with Gasteiger partial charge in [-0.1, -0.05) is 0 Å². The summed E-state index contributed by atoms with van der Waals surface area (Å²) in [4.78, 5) is 33.5. The van der Waals surface area contributed by atoms with Gasteiger partial charge < -0.3 is 30.3 Å². The number of hydrogen-bond donors (Lipinski definition) is 3. The second-order valence-corrected chi connectivity index (χ2v) is 9.25. The molecule has 0 aromatic heterocycles. The number of ether oxygens (including phenoxy) is 2. The minimum Gasteiger partial charge on any atom is -0.492 e. The van der Waals surface area contributed by atoms with Crippen molar-refractivity contribution in [1.82, 2.24) is 4.90 Å². The maximum Gasteiger partial charge on any atom is 0.414 e. The highest BCUT2D eigenvalue weighted by atomic mass is 79.9. The molecule has 1 saturated carbocycles. The van der Waals surface area contributed by atoms with Gasteiger partial charge in [-0.15, -0.1) is 0 Å². The lowest BCUT2D eigenvalue weighted by atomic mass is 9.99. The SMILES string of the molecule is COCCCN1CC2C(CCC(=O)c3cc(Br)c(N)c4c3OCC4)C2C1.O=C(O)C(=O)O. The van der Waals surface area contributed by atoms with Gasteiger partial charge in [0.1, 0.15) is 5.75 Å². The molecule has 1 aromatic rings. The maximum atomic E-state index is 12.8. The molecular formula is C22H29BrN2O7. The van der Waals surface area contributed by atoms with Crippen molar-refractivity contribution < 1.29 is 34.1 Å². The first-order valence-corrected chi connectivity index (χ1v) is 11.5. The predicted octanol–water partition coefficient (Wildman–Crippen LogP) is 2.30. The third-order valence-electron chi connectivity index (χ3n) is 6.43. The molecule has 0 bridgehead atoms. The summed E-state index contributed by atoms with van der Waals surface area (Å²) in [5.41, 5.74) is 8.49. The minimum absolute atomic E-state index is 0.186. The van der Waals surface area contributed by atoms with Gasteiger partial charge in [-0.2, -0.15) is 0 Å². The van der Waals surface area contributed by atoms with Crippen molar-refractivity contribution >= 4 is 39.3 Å². The normalized spacial score (nSPS) is 22.9. The molecule has 2 unspecified atom stereocenters. The van der Waals surface area contributed by atoms with Crippen LogP contribution in [0.4, 0.5) is 5.69 Å². The number of aliphatic carboxylic acids is 2. The summed E-state index contributed by atoms with van der Waals surface area (Å²) in [6, 6.07) is 1.84. The van der Waals surface area contributed by atoms with Crippen molar-refractivity contribution in [3.05, 3.63) is 21.7 Å². The predicted molar refractivity (Wildman–Crippen MR) is 120 cm³/mol. The molecule has 32 heavy (non-hydrogen) atoms. The highest BCUT2D eigenvalue weighted by molar-refractivity contribution is 9.10. The first kappa shape index (κ1) is 24.5. The molecule has 0 spiro atoms. The fourth-order valence-electron chi connectivity index (χ4n) is 4.79. The first-order chi connectivity index (χ1) is 15.2. The number of piperidine rings is 1. The number of halogens is 1. The van der Waals surface area contributed by atoms with Crippen molar-refractivity contribution in [2.75, 3.05) is 45.7 Å². The summed E-state index contributed by atoms with van der Waals surface area (Å²) < 4.78 is 11.6. The average Bonchev–Trinajstić information content (AvgIpc) is 3.12. The Morgan fingerprint density at radius 1 is 1.25 bits per heavy atom. The topological polar surface area (TPSA) is 139 Å². The van der Waals surface area contributed by atoms with Gasteiger partial charge in [-0.25, -0.2) is 9.59 Å². The molecule has 9 nitrogen and oxygen atoms in total. The van der Waals surface area contributed by atoms with E-state index in [9.17, 15) is 4.79 Å². The van der Waals surface area contributed by atoms with Crippen LogP contribution in [0.15, 0.2) is 10.5 Å². The quantitative estimate of drug-likeness (QED) is 0.207. The number of nitrogen functional groups attached to an aromatic ring is 1. The van der Waals surface area contributed by atoms with Gasteiger partial charge in [0.25, 0.3) is 0 Å². The van der Waals surface area contributed by atoms with Crippen molar-refractivity contribution in [3.63, 3.8) is 0 Å². The number of carboxylic acids is 2. The fourth-order valence-corrected chi connectivity index (χ4v) is 5.26. The summed E-state index contributed by atoms with van der Waals surface area (Å²) >= 11 is 3.48. The second kappa shape index (κ2) is 10.6. The highest BCUT2D eigenvalue weighted by Gasteiger charge is 2.54. The Labute approximate surface area is 195 Å². The van der Waals surface area contributed by atoms with Gasteiger partial charge in [0.2, 0.25) is 0 Å². The number of ketones is 1. The number of rotatable bonds is 8. The number of carbonyl (C=O) groups excluding carboxylic acids is 1. The van der Waals surface area contributed by atoms with Gasteiger partial charge in [-0.3, -0.25) is 4.79 Å². The van der Waals surface area contributed by atoms with Gasteiger partial charge in [0.05, 0.1) is 17.9 Å². The van der Waals surface area contributed by atoms with E-state index in [1.54, 1.807) is 7.11 Å². The van der Waals surface area contributed by atoms with Crippen LogP contribution in [-0.2, 0) is 20.7 Å². The van der Waals surface area contributed by atoms with Gasteiger partial charge in [-0.05, 0) is 52.6 Å². The minimum atomic E-state index is -1.82. The summed E-state index contributed by atoms with van der Waals surface area (Å²) in [6.07, 6.45) is 3.49. The highest BCUT2D eigenvalue weighted by Crippen LogP contribution is 2.54. The molecule has 2 atom stereocenters. The van der Waals surface area contributed by atoms with E-state index in [-0.39, 0.29) is 5.78 Å². The molecule has 0 amide bonds. The summed E-state index contributed by atoms with van der Waals surface area (Å²) in [7, 11) is 1.76. The molecule has 1 aliphatic carbocycles. The van der Waals surface area contributed by atoms with E-state index < -0.39 is 11.9 Å². The summed E-state index contributed by atoms with van der Waals surface area (Å²) in [5.74, 6) is -0.425. The van der Waals surface area contributed by atoms with Crippen LogP contribution in [0.1, 0.15) is 35.2 Å². The lowest BCUT2D eigenvalue weighted by molar-refractivity contribution is -0.159. The molecule has 10 heteroatoms. The molecule has 4 N–H and O–H groups in total. The van der Waals surface area contributed by atoms with Crippen molar-refractivity contribution in [1.29, 1.82) is 0 Å². The number of carboxylic acid groups (broad SMARTS) is 2. The van der Waals surface area contributed by atoms with E-state index >= 15 is 0 Å². The molecule has 176 valence electrons. The molecule has 2 heterocycles. The number of benzene rings is 1. The fraction of sp³-hybridized carbons (Fsp3) is 0.591. The maximum absolute atomic E-state index is 12.8. The van der Waals surface area contributed by atoms with Gasteiger partial charge >= 0.3 is 11.9 Å². The third-order valence-corrected chi connectivity index (χ3v) is 7.08. The number of Topliss-reactive ketones (excluding diaryl/α,β-unsaturated/α-hetero) is 1.